The molecule has 2 rings (SSSR count). The van der Waals surface area contributed by atoms with E-state index in [1.807, 2.05) is 0 Å². The molecule has 0 radical (unpaired) electrons. The lowest BCUT2D eigenvalue weighted by molar-refractivity contribution is 0.273. The fourth-order valence-corrected chi connectivity index (χ4v) is 2.40. The molecule has 13 heavy (non-hydrogen) atoms. The zero-order valence-electron chi connectivity index (χ0n) is 9.09. The fourth-order valence-electron chi connectivity index (χ4n) is 2.40. The topological polar surface area (TPSA) is 3.24 Å². The Kier molecular flexibility index (Phi) is 1.88. The lowest BCUT2D eigenvalue weighted by atomic mass is 9.94. The minimum Gasteiger partial charge on any atom is -0.299 e. The Morgan fingerprint density at radius 1 is 1.38 bits per heavy atom. The molecule has 1 aliphatic heterocycles. The quantitative estimate of drug-likeness (QED) is 0.550. The number of hydrogen-bond donors (Lipinski definition) is 0. The van der Waals surface area contributed by atoms with E-state index in [2.05, 4.69) is 44.9 Å². The summed E-state index contributed by atoms with van der Waals surface area (Å²) in [5.74, 6) is 0. The average molecular weight is 177 g/mol. The van der Waals surface area contributed by atoms with Crippen LogP contribution >= 0.6 is 0 Å². The van der Waals surface area contributed by atoms with Gasteiger partial charge in [-0.25, -0.2) is 0 Å². The Labute approximate surface area is 81.1 Å². The van der Waals surface area contributed by atoms with Crippen LogP contribution in [0.2, 0.25) is 0 Å². The van der Waals surface area contributed by atoms with Crippen LogP contribution in [0, 0.1) is 5.41 Å². The highest BCUT2D eigenvalue weighted by atomic mass is 15.1. The van der Waals surface area contributed by atoms with Gasteiger partial charge in [-0.1, -0.05) is 26.0 Å². The first-order chi connectivity index (χ1) is 5.99. The number of allylic oxidation sites excluding steroid dienone is 2. The SMILES string of the molecule is CC1C2=CC(C)(C)C=C2CCN1C. The van der Waals surface area contributed by atoms with Gasteiger partial charge in [0.15, 0.2) is 0 Å². The lowest BCUT2D eigenvalue weighted by Crippen LogP contribution is -2.36. The van der Waals surface area contributed by atoms with E-state index < -0.39 is 0 Å². The summed E-state index contributed by atoms with van der Waals surface area (Å²) in [4.78, 5) is 2.44. The molecule has 0 saturated carbocycles. The van der Waals surface area contributed by atoms with Crippen molar-refractivity contribution in [1.29, 1.82) is 0 Å². The summed E-state index contributed by atoms with van der Waals surface area (Å²) in [6, 6.07) is 0.613. The minimum atomic E-state index is 0.296. The van der Waals surface area contributed by atoms with Crippen LogP contribution in [-0.2, 0) is 0 Å². The molecule has 1 fully saturated rings. The highest BCUT2D eigenvalue weighted by Gasteiger charge is 2.30. The van der Waals surface area contributed by atoms with E-state index in [9.17, 15) is 0 Å². The van der Waals surface area contributed by atoms with Crippen molar-refractivity contribution >= 4 is 0 Å². The molecule has 1 unspecified atom stereocenters. The van der Waals surface area contributed by atoms with Gasteiger partial charge >= 0.3 is 0 Å². The number of likely N-dealkylation sites (N-methyl/N-ethyl adjacent to an activating group) is 1. The van der Waals surface area contributed by atoms with E-state index in [1.165, 1.54) is 13.0 Å². The van der Waals surface area contributed by atoms with Gasteiger partial charge in [0.2, 0.25) is 0 Å². The largest absolute Gasteiger partial charge is 0.299 e. The minimum absolute atomic E-state index is 0.296. The summed E-state index contributed by atoms with van der Waals surface area (Å²) in [5, 5.41) is 0. The number of rotatable bonds is 0. The third-order valence-electron chi connectivity index (χ3n) is 3.29. The van der Waals surface area contributed by atoms with E-state index in [1.54, 1.807) is 11.1 Å². The summed E-state index contributed by atoms with van der Waals surface area (Å²) in [6.07, 6.45) is 6.10. The van der Waals surface area contributed by atoms with Crippen LogP contribution in [0.1, 0.15) is 27.2 Å². The van der Waals surface area contributed by atoms with Gasteiger partial charge in [-0.2, -0.15) is 0 Å². The summed E-state index contributed by atoms with van der Waals surface area (Å²) in [7, 11) is 2.22. The van der Waals surface area contributed by atoms with Gasteiger partial charge in [0, 0.05) is 18.0 Å². The van der Waals surface area contributed by atoms with Gasteiger partial charge in [-0.15, -0.1) is 0 Å². The Balaban J connectivity index is 2.34. The van der Waals surface area contributed by atoms with E-state index >= 15 is 0 Å². The van der Waals surface area contributed by atoms with Crippen molar-refractivity contribution in [3.63, 3.8) is 0 Å². The summed E-state index contributed by atoms with van der Waals surface area (Å²) < 4.78 is 0. The van der Waals surface area contributed by atoms with Crippen molar-refractivity contribution in [3.05, 3.63) is 23.3 Å². The Bertz CT molecular complexity index is 283. The van der Waals surface area contributed by atoms with E-state index in [0.717, 1.165) is 0 Å². The van der Waals surface area contributed by atoms with Crippen molar-refractivity contribution in [2.75, 3.05) is 13.6 Å². The first kappa shape index (κ1) is 9.01. The van der Waals surface area contributed by atoms with Crippen LogP contribution in [0.3, 0.4) is 0 Å². The van der Waals surface area contributed by atoms with Crippen molar-refractivity contribution in [2.24, 2.45) is 5.41 Å². The normalized spacial score (nSPS) is 32.5. The maximum Gasteiger partial charge on any atom is 0.0316 e. The maximum atomic E-state index is 2.44. The standard InChI is InChI=1S/C12H19N/c1-9-11-8-12(2,3)7-10(11)5-6-13(9)4/h7-9H,5-6H2,1-4H3. The zero-order chi connectivity index (χ0) is 9.64. The molecule has 0 aromatic rings. The molecule has 72 valence electrons. The maximum absolute atomic E-state index is 2.44. The molecule has 0 aromatic heterocycles. The summed E-state index contributed by atoms with van der Waals surface area (Å²) >= 11 is 0. The fraction of sp³-hybridized carbons (Fsp3) is 0.667. The Morgan fingerprint density at radius 3 is 2.77 bits per heavy atom. The highest BCUT2D eigenvalue weighted by molar-refractivity contribution is 5.45. The van der Waals surface area contributed by atoms with Crippen molar-refractivity contribution in [3.8, 4) is 0 Å². The first-order valence-corrected chi connectivity index (χ1v) is 5.15. The van der Waals surface area contributed by atoms with E-state index in [4.69, 9.17) is 0 Å². The highest BCUT2D eigenvalue weighted by Crippen LogP contribution is 2.39. The van der Waals surface area contributed by atoms with E-state index in [0.29, 0.717) is 11.5 Å². The van der Waals surface area contributed by atoms with Crippen LogP contribution in [-0.4, -0.2) is 24.5 Å². The second-order valence-electron chi connectivity index (χ2n) is 5.00. The second-order valence-corrected chi connectivity index (χ2v) is 5.00. The van der Waals surface area contributed by atoms with Crippen LogP contribution in [0.25, 0.3) is 0 Å². The number of fused-ring (bicyclic) bond motifs is 1. The molecule has 0 aromatic carbocycles. The average Bonchev–Trinajstić information content (AvgIpc) is 2.34. The van der Waals surface area contributed by atoms with Gasteiger partial charge in [0.05, 0.1) is 0 Å². The zero-order valence-corrected chi connectivity index (χ0v) is 9.09. The molecule has 1 saturated heterocycles. The lowest BCUT2D eigenvalue weighted by Gasteiger charge is -2.32. The third-order valence-corrected chi connectivity index (χ3v) is 3.29. The molecular formula is C12H19N. The number of likely N-dealkylation sites (tertiary alicyclic amines) is 1. The smallest absolute Gasteiger partial charge is 0.0316 e. The predicted octanol–water partition coefficient (Wildman–Crippen LogP) is 2.60. The van der Waals surface area contributed by atoms with Crippen molar-refractivity contribution in [1.82, 2.24) is 4.90 Å². The first-order valence-electron chi connectivity index (χ1n) is 5.15. The molecule has 2 aliphatic rings. The molecule has 1 nitrogen and oxygen atoms in total. The van der Waals surface area contributed by atoms with Gasteiger partial charge in [0.25, 0.3) is 0 Å². The molecule has 0 spiro atoms. The molecule has 1 heterocycles. The molecule has 1 heteroatoms. The van der Waals surface area contributed by atoms with Crippen LogP contribution in [0.4, 0.5) is 0 Å². The van der Waals surface area contributed by atoms with Crippen LogP contribution in [0.15, 0.2) is 23.3 Å². The van der Waals surface area contributed by atoms with Gasteiger partial charge in [-0.3, -0.25) is 4.90 Å². The van der Waals surface area contributed by atoms with Crippen LogP contribution in [0.5, 0.6) is 0 Å². The monoisotopic (exact) mass is 177 g/mol. The molecule has 0 N–H and O–H groups in total. The summed E-state index contributed by atoms with van der Waals surface area (Å²) in [5.41, 5.74) is 3.46. The van der Waals surface area contributed by atoms with Crippen molar-refractivity contribution in [2.45, 2.75) is 33.2 Å². The number of piperidine rings is 1. The molecule has 1 atom stereocenters. The van der Waals surface area contributed by atoms with E-state index in [-0.39, 0.29) is 0 Å². The molecular weight excluding hydrogens is 158 g/mol. The number of hydrogen-bond acceptors (Lipinski definition) is 1. The number of nitrogens with zero attached hydrogens (tertiary/aromatic N) is 1. The van der Waals surface area contributed by atoms with Crippen molar-refractivity contribution < 1.29 is 0 Å². The third kappa shape index (κ3) is 1.46. The van der Waals surface area contributed by atoms with Gasteiger partial charge in [-0.05, 0) is 31.5 Å². The Hall–Kier alpha value is -0.560. The molecule has 0 amide bonds. The predicted molar refractivity (Wildman–Crippen MR) is 56.7 cm³/mol. The summed E-state index contributed by atoms with van der Waals surface area (Å²) in [6.45, 7) is 8.09. The van der Waals surface area contributed by atoms with Crippen LogP contribution < -0.4 is 0 Å². The Morgan fingerprint density at radius 2 is 2.08 bits per heavy atom. The second kappa shape index (κ2) is 2.71. The van der Waals surface area contributed by atoms with Gasteiger partial charge in [0.1, 0.15) is 0 Å². The molecule has 0 bridgehead atoms. The molecule has 1 aliphatic carbocycles. The van der Waals surface area contributed by atoms with Gasteiger partial charge < -0.3 is 0 Å².